The minimum Gasteiger partial charge on any atom is -0.460 e. The monoisotopic (exact) mass is 447 g/mol. The van der Waals surface area contributed by atoms with E-state index >= 15 is 0 Å². The van der Waals surface area contributed by atoms with Gasteiger partial charge >= 0.3 is 0 Å². The highest BCUT2D eigenvalue weighted by molar-refractivity contribution is 6.31. The highest BCUT2D eigenvalue weighted by Crippen LogP contribution is 2.35. The van der Waals surface area contributed by atoms with Gasteiger partial charge in [0.2, 0.25) is 6.29 Å². The Bertz CT molecular complexity index is 1110. The van der Waals surface area contributed by atoms with Gasteiger partial charge in [-0.1, -0.05) is 23.7 Å². The van der Waals surface area contributed by atoms with Gasteiger partial charge in [-0.25, -0.2) is 0 Å². The predicted molar refractivity (Wildman–Crippen MR) is 113 cm³/mol. The molecule has 0 saturated carbocycles. The van der Waals surface area contributed by atoms with E-state index in [1.807, 2.05) is 0 Å². The molecule has 1 fully saturated rings. The van der Waals surface area contributed by atoms with Crippen LogP contribution in [-0.2, 0) is 4.74 Å². The Kier molecular flexibility index (Phi) is 6.02. The van der Waals surface area contributed by atoms with E-state index in [4.69, 9.17) is 21.1 Å². The molecule has 0 unspecified atom stereocenters. The molecular formula is C22H22ClNO7. The second-order valence-corrected chi connectivity index (χ2v) is 7.85. The summed E-state index contributed by atoms with van der Waals surface area (Å²) in [5.41, 5.74) is 1.77. The lowest BCUT2D eigenvalue weighted by Gasteiger charge is -2.39. The lowest BCUT2D eigenvalue weighted by molar-refractivity contribution is -0.277. The normalized spacial score (nSPS) is 26.2. The molecular weight excluding hydrogens is 426 g/mol. The molecule has 8 nitrogen and oxygen atoms in total. The first kappa shape index (κ1) is 21.8. The Hall–Kier alpha value is -2.46. The third-order valence-corrected chi connectivity index (χ3v) is 5.60. The molecule has 0 amide bonds. The van der Waals surface area contributed by atoms with Crippen LogP contribution in [0.1, 0.15) is 17.3 Å². The van der Waals surface area contributed by atoms with Crippen LogP contribution in [0.5, 0.6) is 5.75 Å². The number of hydrogen-bond acceptors (Lipinski definition) is 7. The first-order chi connectivity index (χ1) is 14.8. The molecule has 4 rings (SSSR count). The van der Waals surface area contributed by atoms with E-state index in [0.717, 1.165) is 0 Å². The first-order valence-corrected chi connectivity index (χ1v) is 10.1. The van der Waals surface area contributed by atoms with Crippen LogP contribution in [0.4, 0.5) is 0 Å². The highest BCUT2D eigenvalue weighted by atomic mass is 35.5. The van der Waals surface area contributed by atoms with Crippen molar-refractivity contribution < 1.29 is 34.7 Å². The zero-order valence-corrected chi connectivity index (χ0v) is 17.3. The van der Waals surface area contributed by atoms with Gasteiger partial charge in [-0.15, -0.1) is 0 Å². The van der Waals surface area contributed by atoms with Crippen molar-refractivity contribution in [1.82, 2.24) is 4.57 Å². The molecule has 1 aliphatic rings. The molecule has 9 heteroatoms. The third kappa shape index (κ3) is 3.94. The van der Waals surface area contributed by atoms with Gasteiger partial charge < -0.3 is 34.5 Å². The fourth-order valence-electron chi connectivity index (χ4n) is 3.73. The Labute approximate surface area is 182 Å². The van der Waals surface area contributed by atoms with Gasteiger partial charge in [0.05, 0.1) is 24.0 Å². The van der Waals surface area contributed by atoms with Crippen molar-refractivity contribution in [3.63, 3.8) is 0 Å². The molecule has 1 aromatic heterocycles. The summed E-state index contributed by atoms with van der Waals surface area (Å²) < 4.78 is 13.1. The van der Waals surface area contributed by atoms with E-state index in [-0.39, 0.29) is 5.78 Å². The van der Waals surface area contributed by atoms with Crippen molar-refractivity contribution in [2.24, 2.45) is 0 Å². The SMILES string of the molecule is CC(=O)c1ccccc1-n1cc(O[C@H]2O[C@H](CO)[C@H](O)[C@H](O)[C@H]2O)c2ccc(Cl)cc21. The van der Waals surface area contributed by atoms with Crippen LogP contribution in [0.15, 0.2) is 48.7 Å². The molecule has 3 aromatic rings. The van der Waals surface area contributed by atoms with Gasteiger partial charge in [-0.2, -0.15) is 0 Å². The molecule has 2 aromatic carbocycles. The molecule has 0 spiro atoms. The molecule has 164 valence electrons. The number of nitrogens with zero attached hydrogens (tertiary/aromatic N) is 1. The van der Waals surface area contributed by atoms with Crippen molar-refractivity contribution in [3.8, 4) is 11.4 Å². The van der Waals surface area contributed by atoms with Crippen LogP contribution in [0, 0.1) is 0 Å². The lowest BCUT2D eigenvalue weighted by atomic mass is 9.99. The van der Waals surface area contributed by atoms with E-state index < -0.39 is 37.3 Å². The molecule has 1 aliphatic heterocycles. The zero-order valence-electron chi connectivity index (χ0n) is 16.6. The maximum atomic E-state index is 12.1. The van der Waals surface area contributed by atoms with E-state index in [2.05, 4.69) is 0 Å². The molecule has 31 heavy (non-hydrogen) atoms. The Morgan fingerprint density at radius 3 is 2.58 bits per heavy atom. The van der Waals surface area contributed by atoms with Gasteiger partial charge in [0.15, 0.2) is 5.78 Å². The van der Waals surface area contributed by atoms with Crippen LogP contribution in [0.3, 0.4) is 0 Å². The second kappa shape index (κ2) is 8.58. The van der Waals surface area contributed by atoms with Gasteiger partial charge in [-0.05, 0) is 37.3 Å². The number of ether oxygens (including phenoxy) is 2. The Morgan fingerprint density at radius 2 is 1.87 bits per heavy atom. The van der Waals surface area contributed by atoms with Gasteiger partial charge in [0, 0.05) is 16.0 Å². The summed E-state index contributed by atoms with van der Waals surface area (Å²) in [6.45, 7) is 0.914. The van der Waals surface area contributed by atoms with Gasteiger partial charge in [-0.3, -0.25) is 4.79 Å². The number of rotatable bonds is 5. The van der Waals surface area contributed by atoms with E-state index in [1.165, 1.54) is 6.92 Å². The Balaban J connectivity index is 1.79. The standard InChI is InChI=1S/C22H22ClNO7/c1-11(26)13-4-2-3-5-15(13)24-9-17(14-7-6-12(23)8-16(14)24)30-22-21(29)20(28)19(27)18(10-25)31-22/h2-9,18-22,25,27-29H,10H2,1H3/t18-,19+,20+,21-,22+/m1/s1. The molecule has 0 bridgehead atoms. The number of benzene rings is 2. The van der Waals surface area contributed by atoms with Crippen molar-refractivity contribution in [3.05, 3.63) is 59.2 Å². The summed E-state index contributed by atoms with van der Waals surface area (Å²) in [4.78, 5) is 12.1. The van der Waals surface area contributed by atoms with Crippen molar-refractivity contribution in [1.29, 1.82) is 0 Å². The van der Waals surface area contributed by atoms with Crippen molar-refractivity contribution in [2.45, 2.75) is 37.6 Å². The highest BCUT2D eigenvalue weighted by Gasteiger charge is 2.45. The maximum Gasteiger partial charge on any atom is 0.229 e. The minimum atomic E-state index is -1.56. The van der Waals surface area contributed by atoms with Crippen molar-refractivity contribution >= 4 is 28.3 Å². The summed E-state index contributed by atoms with van der Waals surface area (Å²) in [7, 11) is 0. The number of aliphatic hydroxyl groups excluding tert-OH is 4. The second-order valence-electron chi connectivity index (χ2n) is 7.41. The summed E-state index contributed by atoms with van der Waals surface area (Å²) in [6, 6.07) is 12.2. The number of carbonyl (C=O) groups is 1. The summed E-state index contributed by atoms with van der Waals surface area (Å²) in [5.74, 6) is 0.185. The zero-order chi connectivity index (χ0) is 22.3. The van der Waals surface area contributed by atoms with Crippen LogP contribution < -0.4 is 4.74 Å². The number of ketones is 1. The van der Waals surface area contributed by atoms with Crippen LogP contribution in [0.2, 0.25) is 5.02 Å². The first-order valence-electron chi connectivity index (χ1n) is 9.70. The van der Waals surface area contributed by atoms with E-state index in [9.17, 15) is 25.2 Å². The molecule has 0 radical (unpaired) electrons. The smallest absolute Gasteiger partial charge is 0.229 e. The number of Topliss-reactive ketones (excluding diaryl/α,β-unsaturated/α-hetero) is 1. The number of fused-ring (bicyclic) bond motifs is 1. The fraction of sp³-hybridized carbons (Fsp3) is 0.318. The Morgan fingerprint density at radius 1 is 1.13 bits per heavy atom. The predicted octanol–water partition coefficient (Wildman–Crippen LogP) is 1.67. The lowest BCUT2D eigenvalue weighted by Crippen LogP contribution is -2.60. The maximum absolute atomic E-state index is 12.1. The minimum absolute atomic E-state index is 0.115. The van der Waals surface area contributed by atoms with Crippen LogP contribution in [-0.4, -0.2) is 68.1 Å². The average molecular weight is 448 g/mol. The fourth-order valence-corrected chi connectivity index (χ4v) is 3.90. The quantitative estimate of drug-likeness (QED) is 0.439. The number of para-hydroxylation sites is 1. The number of aliphatic hydroxyl groups is 4. The summed E-state index contributed by atoms with van der Waals surface area (Å²) >= 11 is 6.20. The molecule has 5 atom stereocenters. The van der Waals surface area contributed by atoms with Gasteiger partial charge in [0.25, 0.3) is 0 Å². The number of carbonyl (C=O) groups excluding carboxylic acids is 1. The van der Waals surface area contributed by atoms with E-state index in [0.29, 0.717) is 32.9 Å². The van der Waals surface area contributed by atoms with Crippen LogP contribution in [0.25, 0.3) is 16.6 Å². The molecule has 1 saturated heterocycles. The average Bonchev–Trinajstić information content (AvgIpc) is 3.11. The molecule has 4 N–H and O–H groups in total. The largest absolute Gasteiger partial charge is 0.460 e. The van der Waals surface area contributed by atoms with Crippen molar-refractivity contribution in [2.75, 3.05) is 6.61 Å². The number of halogens is 1. The summed E-state index contributed by atoms with van der Waals surface area (Å²) in [6.07, 6.45) is -5.39. The van der Waals surface area contributed by atoms with Crippen LogP contribution >= 0.6 is 11.6 Å². The third-order valence-electron chi connectivity index (χ3n) is 5.37. The molecule has 2 heterocycles. The topological polar surface area (TPSA) is 121 Å². The number of aromatic nitrogens is 1. The number of hydrogen-bond donors (Lipinski definition) is 4. The molecule has 0 aliphatic carbocycles. The van der Waals surface area contributed by atoms with E-state index in [1.54, 1.807) is 53.2 Å². The summed E-state index contributed by atoms with van der Waals surface area (Å²) in [5, 5.41) is 40.9. The van der Waals surface area contributed by atoms with Gasteiger partial charge in [0.1, 0.15) is 30.2 Å².